The highest BCUT2D eigenvalue weighted by Gasteiger charge is 2.55. The molecule has 0 unspecified atom stereocenters. The Balaban J connectivity index is 1.33. The van der Waals surface area contributed by atoms with Gasteiger partial charge in [0.1, 0.15) is 0 Å². The number of thiophene rings is 2. The summed E-state index contributed by atoms with van der Waals surface area (Å²) < 4.78 is 28.7. The van der Waals surface area contributed by atoms with Crippen molar-refractivity contribution in [2.45, 2.75) is 169 Å². The minimum Gasteiger partial charge on any atom is -0.399 e. The van der Waals surface area contributed by atoms with Gasteiger partial charge in [0.15, 0.2) is 0 Å². The average Bonchev–Trinajstić information content (AvgIpc) is 3.84. The van der Waals surface area contributed by atoms with Crippen molar-refractivity contribution in [1.82, 2.24) is 0 Å². The van der Waals surface area contributed by atoms with Gasteiger partial charge in [0.25, 0.3) is 0 Å². The third-order valence-corrected chi connectivity index (χ3v) is 16.1. The van der Waals surface area contributed by atoms with Gasteiger partial charge in [-0.3, -0.25) is 0 Å². The Morgan fingerprint density at radius 3 is 1.13 bits per heavy atom. The van der Waals surface area contributed by atoms with Crippen LogP contribution < -0.4 is 9.55 Å². The van der Waals surface area contributed by atoms with Crippen molar-refractivity contribution in [2.75, 3.05) is 0 Å². The van der Waals surface area contributed by atoms with E-state index in [1.165, 1.54) is 100 Å². The van der Waals surface area contributed by atoms with Gasteiger partial charge in [-0.2, -0.15) is 0 Å². The molecular formula is C44H58B2O4S2. The fraction of sp³-hybridized carbons (Fsp3) is 0.591. The van der Waals surface area contributed by atoms with E-state index in [2.05, 4.69) is 121 Å². The predicted octanol–water partition coefficient (Wildman–Crippen LogP) is 10.9. The van der Waals surface area contributed by atoms with Crippen LogP contribution in [0.1, 0.15) is 156 Å². The summed E-state index contributed by atoms with van der Waals surface area (Å²) in [4.78, 5) is 2.83. The van der Waals surface area contributed by atoms with Crippen LogP contribution in [0.15, 0.2) is 24.3 Å². The first-order valence-corrected chi connectivity index (χ1v) is 21.5. The van der Waals surface area contributed by atoms with Gasteiger partial charge in [0, 0.05) is 30.1 Å². The third kappa shape index (κ3) is 5.13. The zero-order valence-corrected chi connectivity index (χ0v) is 35.8. The van der Waals surface area contributed by atoms with Crippen LogP contribution >= 0.6 is 22.7 Å². The Kier molecular flexibility index (Phi) is 8.39. The van der Waals surface area contributed by atoms with Gasteiger partial charge in [0.2, 0.25) is 0 Å². The third-order valence-electron chi connectivity index (χ3n) is 13.7. The molecule has 2 aliphatic carbocycles. The lowest BCUT2D eigenvalue weighted by Crippen LogP contribution is -2.41. The Bertz CT molecular complexity index is 1930. The molecule has 2 aromatic carbocycles. The summed E-state index contributed by atoms with van der Waals surface area (Å²) in [5, 5.41) is 2.89. The molecule has 0 spiro atoms. The summed E-state index contributed by atoms with van der Waals surface area (Å²) >= 11 is 3.80. The molecule has 2 aliphatic heterocycles. The quantitative estimate of drug-likeness (QED) is 0.169. The molecule has 4 aromatic rings. The van der Waals surface area contributed by atoms with E-state index >= 15 is 0 Å². The monoisotopic (exact) mass is 736 g/mol. The highest BCUT2D eigenvalue weighted by molar-refractivity contribution is 7.26. The number of unbranched alkanes of at least 4 members (excludes halogenated alkanes) is 2. The van der Waals surface area contributed by atoms with Crippen LogP contribution in [0.2, 0.25) is 0 Å². The van der Waals surface area contributed by atoms with E-state index in [0.29, 0.717) is 0 Å². The first kappa shape index (κ1) is 37.0. The predicted molar refractivity (Wildman–Crippen MR) is 223 cm³/mol. The minimum absolute atomic E-state index is 0.155. The molecule has 0 N–H and O–H groups in total. The Labute approximate surface area is 321 Å². The topological polar surface area (TPSA) is 36.9 Å². The number of rotatable bonds is 8. The Hall–Kier alpha value is -1.93. The maximum atomic E-state index is 6.59. The lowest BCUT2D eigenvalue weighted by Gasteiger charge is -2.32. The van der Waals surface area contributed by atoms with Crippen molar-refractivity contribution in [1.29, 1.82) is 0 Å². The van der Waals surface area contributed by atoms with Crippen molar-refractivity contribution in [2.24, 2.45) is 0 Å². The van der Waals surface area contributed by atoms with Gasteiger partial charge in [-0.05, 0) is 148 Å². The zero-order valence-electron chi connectivity index (χ0n) is 34.2. The van der Waals surface area contributed by atoms with Crippen molar-refractivity contribution in [3.05, 3.63) is 57.6 Å². The summed E-state index contributed by atoms with van der Waals surface area (Å²) in [6.45, 7) is 31.6. The summed E-state index contributed by atoms with van der Waals surface area (Å²) in [6, 6.07) is 10.1. The molecule has 4 heterocycles. The van der Waals surface area contributed by atoms with E-state index in [1.807, 2.05) is 22.7 Å². The summed E-state index contributed by atoms with van der Waals surface area (Å²) in [7, 11) is -0.685. The SMILES string of the molecule is CCCCc1cc2c3c(c(CCCC)cc2c2c1-c1sc(B4OC(C)(C)C(C)(C)O4)cc1C2(C)C)-c1sc(B2OC(C)(C)C(C)(C)O2)cc1C3(C)C. The van der Waals surface area contributed by atoms with Crippen LogP contribution in [0.5, 0.6) is 0 Å². The van der Waals surface area contributed by atoms with E-state index in [9.17, 15) is 0 Å². The molecular weight excluding hydrogens is 678 g/mol. The summed E-state index contributed by atoms with van der Waals surface area (Å²) in [5.74, 6) is 0. The summed E-state index contributed by atoms with van der Waals surface area (Å²) in [6.07, 6.45) is 6.85. The van der Waals surface area contributed by atoms with Crippen LogP contribution in [0.25, 0.3) is 31.7 Å². The maximum absolute atomic E-state index is 6.59. The van der Waals surface area contributed by atoms with E-state index in [0.717, 1.165) is 12.8 Å². The van der Waals surface area contributed by atoms with Crippen LogP contribution in [0, 0.1) is 0 Å². The number of benzene rings is 2. The number of hydrogen-bond acceptors (Lipinski definition) is 6. The smallest absolute Gasteiger partial charge is 0.399 e. The van der Waals surface area contributed by atoms with Crippen molar-refractivity contribution < 1.29 is 18.6 Å². The molecule has 0 amide bonds. The molecule has 4 aliphatic rings. The van der Waals surface area contributed by atoms with Gasteiger partial charge in [0.05, 0.1) is 22.4 Å². The van der Waals surface area contributed by atoms with E-state index < -0.39 is 0 Å². The number of hydrogen-bond donors (Lipinski definition) is 0. The van der Waals surface area contributed by atoms with Gasteiger partial charge in [-0.1, -0.05) is 66.5 Å². The molecule has 8 heteroatoms. The van der Waals surface area contributed by atoms with Crippen molar-refractivity contribution >= 4 is 57.2 Å². The highest BCUT2D eigenvalue weighted by Crippen LogP contribution is 2.60. The lowest BCUT2D eigenvalue weighted by molar-refractivity contribution is 0.00578. The maximum Gasteiger partial charge on any atom is 0.505 e. The molecule has 2 saturated heterocycles. The van der Waals surface area contributed by atoms with Gasteiger partial charge in [-0.25, -0.2) is 0 Å². The van der Waals surface area contributed by atoms with Crippen molar-refractivity contribution in [3.63, 3.8) is 0 Å². The Morgan fingerprint density at radius 2 is 0.827 bits per heavy atom. The fourth-order valence-corrected chi connectivity index (χ4v) is 11.9. The molecule has 0 radical (unpaired) electrons. The second-order valence-corrected chi connectivity index (χ2v) is 21.3. The molecule has 4 nitrogen and oxygen atoms in total. The van der Waals surface area contributed by atoms with Crippen molar-refractivity contribution in [3.8, 4) is 20.9 Å². The molecule has 2 fully saturated rings. The molecule has 276 valence electrons. The average molecular weight is 737 g/mol. The lowest BCUT2D eigenvalue weighted by atomic mass is 9.74. The van der Waals surface area contributed by atoms with Gasteiger partial charge < -0.3 is 18.6 Å². The van der Waals surface area contributed by atoms with E-state index in [-0.39, 0.29) is 47.5 Å². The molecule has 0 atom stereocenters. The van der Waals surface area contributed by atoms with Crippen LogP contribution in [-0.2, 0) is 42.3 Å². The fourth-order valence-electron chi connectivity index (χ4n) is 9.14. The zero-order chi connectivity index (χ0) is 37.6. The van der Waals surface area contributed by atoms with Crippen LogP contribution in [-0.4, -0.2) is 36.6 Å². The molecule has 8 rings (SSSR count). The first-order valence-electron chi connectivity index (χ1n) is 19.8. The van der Waals surface area contributed by atoms with Gasteiger partial charge >= 0.3 is 14.2 Å². The molecule has 0 saturated carbocycles. The summed E-state index contributed by atoms with van der Waals surface area (Å²) in [5.41, 5.74) is 10.0. The molecule has 0 bridgehead atoms. The van der Waals surface area contributed by atoms with Crippen LogP contribution in [0.3, 0.4) is 0 Å². The molecule has 2 aromatic heterocycles. The number of fused-ring (bicyclic) bond motifs is 9. The van der Waals surface area contributed by atoms with E-state index in [4.69, 9.17) is 18.6 Å². The highest BCUT2D eigenvalue weighted by atomic mass is 32.1. The second-order valence-electron chi connectivity index (χ2n) is 19.1. The van der Waals surface area contributed by atoms with Gasteiger partial charge in [-0.15, -0.1) is 22.7 Å². The Morgan fingerprint density at radius 1 is 0.500 bits per heavy atom. The normalized spacial score (nSPS) is 22.3. The van der Waals surface area contributed by atoms with Crippen LogP contribution in [0.4, 0.5) is 0 Å². The van der Waals surface area contributed by atoms with E-state index in [1.54, 1.807) is 0 Å². The molecule has 52 heavy (non-hydrogen) atoms. The second kappa shape index (κ2) is 11.8. The number of aryl methyl sites for hydroxylation is 2. The largest absolute Gasteiger partial charge is 0.505 e. The minimum atomic E-state index is -0.364. The first-order chi connectivity index (χ1) is 24.2. The standard InChI is InChI=1S/C44H58B2O4S2/c1-15-17-19-25-21-27-28(35-33(25)37-29(39(35,3)4)23-31(51-37)45-47-41(7,8)42(9,10)48-45)22-26(20-18-16-2)34-36(27)40(5,6)30-24-32(52-38(30)34)46-49-43(11,12)44(13,14)50-46/h21-24H,15-20H2,1-14H3.